The Hall–Kier alpha value is -1.85. The average molecular weight is 240 g/mol. The minimum atomic E-state index is -1.18. The lowest BCUT2D eigenvalue weighted by molar-refractivity contribution is -0.154. The molecule has 0 spiro atoms. The van der Waals surface area contributed by atoms with Crippen LogP contribution in [0.25, 0.3) is 0 Å². The molecule has 1 aliphatic rings. The van der Waals surface area contributed by atoms with E-state index in [9.17, 15) is 14.4 Å². The summed E-state index contributed by atoms with van der Waals surface area (Å²) >= 11 is 0. The van der Waals surface area contributed by atoms with Gasteiger partial charge >= 0.3 is 5.97 Å². The number of piperazine rings is 1. The molecule has 1 rings (SSSR count). The molecular weight excluding hydrogens is 224 g/mol. The van der Waals surface area contributed by atoms with Crippen LogP contribution >= 0.6 is 0 Å². The van der Waals surface area contributed by atoms with Gasteiger partial charge in [-0.1, -0.05) is 0 Å². The second kappa shape index (κ2) is 4.57. The van der Waals surface area contributed by atoms with Gasteiger partial charge in [-0.3, -0.25) is 9.59 Å². The third kappa shape index (κ3) is 2.64. The number of hydrogen-bond acceptors (Lipinski definition) is 3. The largest absolute Gasteiger partial charge is 0.478 e. The van der Waals surface area contributed by atoms with E-state index >= 15 is 0 Å². The molecule has 0 bridgehead atoms. The van der Waals surface area contributed by atoms with E-state index in [2.05, 4.69) is 0 Å². The minimum Gasteiger partial charge on any atom is -0.478 e. The average Bonchev–Trinajstić information content (AvgIpc) is 2.23. The summed E-state index contributed by atoms with van der Waals surface area (Å²) in [6.45, 7) is 4.15. The van der Waals surface area contributed by atoms with Crippen molar-refractivity contribution < 1.29 is 19.5 Å². The highest BCUT2D eigenvalue weighted by atomic mass is 16.4. The van der Waals surface area contributed by atoms with Gasteiger partial charge in [-0.25, -0.2) is 4.79 Å². The number of carbonyl (C=O) groups excluding carboxylic acids is 2. The number of hydrogen-bond donors (Lipinski definition) is 1. The van der Waals surface area contributed by atoms with Crippen molar-refractivity contribution in [3.63, 3.8) is 0 Å². The quantitative estimate of drug-likeness (QED) is 0.672. The van der Waals surface area contributed by atoms with Crippen molar-refractivity contribution in [3.8, 4) is 0 Å². The number of amides is 2. The Balaban J connectivity index is 2.88. The second-order valence-corrected chi connectivity index (χ2v) is 4.45. The predicted molar refractivity (Wildman–Crippen MR) is 60.2 cm³/mol. The normalized spacial score (nSPS) is 19.8. The highest BCUT2D eigenvalue weighted by Crippen LogP contribution is 2.21. The van der Waals surface area contributed by atoms with Crippen molar-refractivity contribution in [2.45, 2.75) is 19.4 Å². The SMILES string of the molecule is CN1CCN(C(=O)C=CC(=O)O)C(C)(C)C1=O. The number of carboxylic acids is 1. The fraction of sp³-hybridized carbons (Fsp3) is 0.545. The van der Waals surface area contributed by atoms with Crippen LogP contribution in [0.1, 0.15) is 13.8 Å². The monoisotopic (exact) mass is 240 g/mol. The van der Waals surface area contributed by atoms with Crippen LogP contribution in [-0.2, 0) is 14.4 Å². The number of likely N-dealkylation sites (N-methyl/N-ethyl adjacent to an activating group) is 1. The number of carboxylic acid groups (broad SMARTS) is 1. The van der Waals surface area contributed by atoms with Crippen molar-refractivity contribution >= 4 is 17.8 Å². The van der Waals surface area contributed by atoms with Crippen molar-refractivity contribution in [3.05, 3.63) is 12.2 Å². The van der Waals surface area contributed by atoms with E-state index < -0.39 is 17.4 Å². The van der Waals surface area contributed by atoms with Gasteiger partial charge in [0.05, 0.1) is 0 Å². The van der Waals surface area contributed by atoms with Gasteiger partial charge < -0.3 is 14.9 Å². The second-order valence-electron chi connectivity index (χ2n) is 4.45. The summed E-state index contributed by atoms with van der Waals surface area (Å²) in [5, 5.41) is 8.45. The molecule has 1 saturated heterocycles. The third-order valence-electron chi connectivity index (χ3n) is 2.84. The molecule has 6 nitrogen and oxygen atoms in total. The fourth-order valence-electron chi connectivity index (χ4n) is 1.83. The zero-order valence-electron chi connectivity index (χ0n) is 10.1. The molecule has 6 heteroatoms. The predicted octanol–water partition coefficient (Wildman–Crippen LogP) is -0.294. The highest BCUT2D eigenvalue weighted by molar-refractivity contribution is 5.98. The molecule has 0 aliphatic carbocycles. The summed E-state index contributed by atoms with van der Waals surface area (Å²) in [5.74, 6) is -1.80. The molecule has 0 atom stereocenters. The van der Waals surface area contributed by atoms with Crippen molar-refractivity contribution in [2.75, 3.05) is 20.1 Å². The molecule has 17 heavy (non-hydrogen) atoms. The summed E-state index contributed by atoms with van der Waals surface area (Å²) in [4.78, 5) is 36.9. The molecular formula is C11H16N2O4. The number of rotatable bonds is 2. The third-order valence-corrected chi connectivity index (χ3v) is 2.84. The van der Waals surface area contributed by atoms with Gasteiger partial charge in [-0.15, -0.1) is 0 Å². The topological polar surface area (TPSA) is 77.9 Å². The van der Waals surface area contributed by atoms with Crippen LogP contribution in [0.15, 0.2) is 12.2 Å². The van der Waals surface area contributed by atoms with E-state index in [0.717, 1.165) is 12.2 Å². The first-order valence-electron chi connectivity index (χ1n) is 5.25. The van der Waals surface area contributed by atoms with E-state index in [4.69, 9.17) is 5.11 Å². The summed E-state index contributed by atoms with van der Waals surface area (Å²) in [7, 11) is 1.68. The van der Waals surface area contributed by atoms with Crippen LogP contribution in [0.3, 0.4) is 0 Å². The Labute approximate surface area is 99.5 Å². The molecule has 0 aromatic rings. The van der Waals surface area contributed by atoms with Crippen LogP contribution in [0.4, 0.5) is 0 Å². The molecule has 0 saturated carbocycles. The molecule has 1 aliphatic heterocycles. The smallest absolute Gasteiger partial charge is 0.328 e. The Morgan fingerprint density at radius 1 is 1.29 bits per heavy atom. The summed E-state index contributed by atoms with van der Waals surface area (Å²) < 4.78 is 0. The molecule has 1 N–H and O–H groups in total. The van der Waals surface area contributed by atoms with Crippen LogP contribution < -0.4 is 0 Å². The van der Waals surface area contributed by atoms with Crippen LogP contribution in [0.5, 0.6) is 0 Å². The Kier molecular flexibility index (Phi) is 3.55. The first-order chi connectivity index (χ1) is 7.76. The summed E-state index contributed by atoms with van der Waals surface area (Å²) in [5.41, 5.74) is -0.938. The fourth-order valence-corrected chi connectivity index (χ4v) is 1.83. The lowest BCUT2D eigenvalue weighted by Gasteiger charge is -2.44. The van der Waals surface area contributed by atoms with Gasteiger partial charge in [0.25, 0.3) is 0 Å². The maximum Gasteiger partial charge on any atom is 0.328 e. The standard InChI is InChI=1S/C11H16N2O4/c1-11(2)10(17)12(3)6-7-13(11)8(14)4-5-9(15)16/h4-5H,6-7H2,1-3H3,(H,15,16). The van der Waals surface area contributed by atoms with Crippen molar-refractivity contribution in [2.24, 2.45) is 0 Å². The molecule has 94 valence electrons. The van der Waals surface area contributed by atoms with Crippen molar-refractivity contribution in [1.29, 1.82) is 0 Å². The molecule has 0 unspecified atom stereocenters. The first-order valence-corrected chi connectivity index (χ1v) is 5.25. The van der Waals surface area contributed by atoms with E-state index in [1.807, 2.05) is 0 Å². The number of nitrogens with zero attached hydrogens (tertiary/aromatic N) is 2. The molecule has 0 radical (unpaired) electrons. The van der Waals surface area contributed by atoms with E-state index in [0.29, 0.717) is 13.1 Å². The van der Waals surface area contributed by atoms with Crippen molar-refractivity contribution in [1.82, 2.24) is 9.80 Å². The number of carbonyl (C=O) groups is 3. The lowest BCUT2D eigenvalue weighted by atomic mass is 9.97. The summed E-state index contributed by atoms with van der Waals surface area (Å²) in [6, 6.07) is 0. The number of aliphatic carboxylic acids is 1. The Bertz CT molecular complexity index is 387. The highest BCUT2D eigenvalue weighted by Gasteiger charge is 2.42. The molecule has 0 aromatic carbocycles. The zero-order chi connectivity index (χ0) is 13.2. The first kappa shape index (κ1) is 13.2. The van der Waals surface area contributed by atoms with Crippen LogP contribution in [-0.4, -0.2) is 58.4 Å². The maximum absolute atomic E-state index is 11.9. The lowest BCUT2D eigenvalue weighted by Crippen LogP contribution is -2.63. The molecule has 1 heterocycles. The maximum atomic E-state index is 11.9. The summed E-state index contributed by atoms with van der Waals surface area (Å²) in [6.07, 6.45) is 1.75. The van der Waals surface area contributed by atoms with E-state index in [-0.39, 0.29) is 5.91 Å². The van der Waals surface area contributed by atoms with Gasteiger partial charge in [0.15, 0.2) is 0 Å². The van der Waals surface area contributed by atoms with Gasteiger partial charge in [-0.2, -0.15) is 0 Å². The van der Waals surface area contributed by atoms with Gasteiger partial charge in [0, 0.05) is 32.3 Å². The Morgan fingerprint density at radius 3 is 2.41 bits per heavy atom. The van der Waals surface area contributed by atoms with Gasteiger partial charge in [0.2, 0.25) is 11.8 Å². The molecule has 0 aromatic heterocycles. The van der Waals surface area contributed by atoms with Gasteiger partial charge in [0.1, 0.15) is 5.54 Å². The Morgan fingerprint density at radius 2 is 1.88 bits per heavy atom. The van der Waals surface area contributed by atoms with Crippen LogP contribution in [0, 0.1) is 0 Å². The van der Waals surface area contributed by atoms with E-state index in [1.165, 1.54) is 4.90 Å². The zero-order valence-corrected chi connectivity index (χ0v) is 10.1. The van der Waals surface area contributed by atoms with Crippen LogP contribution in [0.2, 0.25) is 0 Å². The van der Waals surface area contributed by atoms with Gasteiger partial charge in [-0.05, 0) is 13.8 Å². The molecule has 2 amide bonds. The minimum absolute atomic E-state index is 0.152. The van der Waals surface area contributed by atoms with E-state index in [1.54, 1.807) is 25.8 Å². The molecule has 1 fully saturated rings.